The van der Waals surface area contributed by atoms with E-state index in [1.807, 2.05) is 0 Å². The average molecular weight is 558 g/mol. The fourth-order valence-corrected chi connectivity index (χ4v) is 4.50. The van der Waals surface area contributed by atoms with Crippen LogP contribution in [-0.4, -0.2) is 58.1 Å². The molecule has 3 amide bonds. The summed E-state index contributed by atoms with van der Waals surface area (Å²) >= 11 is 0. The first kappa shape index (κ1) is 30.6. The van der Waals surface area contributed by atoms with E-state index < -0.39 is 47.8 Å². The Balaban J connectivity index is 1.99. The molecule has 0 radical (unpaired) electrons. The lowest BCUT2D eigenvalue weighted by Gasteiger charge is -2.43. The maximum Gasteiger partial charge on any atom is 0.452 e. The molecule has 0 bridgehead atoms. The largest absolute Gasteiger partial charge is 0.452 e. The Hall–Kier alpha value is -3.95. The maximum absolute atomic E-state index is 13.9. The summed E-state index contributed by atoms with van der Waals surface area (Å²) < 4.78 is 40.2. The molecular formula is C30H34F3N3O4. The van der Waals surface area contributed by atoms with Gasteiger partial charge in [-0.15, -0.1) is 0 Å². The number of carbonyl (C=O) groups excluding carboxylic acids is 4. The molecule has 0 aromatic heterocycles. The molecule has 1 aliphatic heterocycles. The first-order valence-corrected chi connectivity index (χ1v) is 13.0. The Morgan fingerprint density at radius 2 is 1.48 bits per heavy atom. The van der Waals surface area contributed by atoms with Crippen LogP contribution in [0.25, 0.3) is 5.70 Å². The van der Waals surface area contributed by atoms with Crippen LogP contribution in [0, 0.1) is 11.3 Å². The van der Waals surface area contributed by atoms with Gasteiger partial charge in [0.2, 0.25) is 11.8 Å². The Morgan fingerprint density at radius 1 is 0.925 bits per heavy atom. The molecule has 0 aliphatic carbocycles. The van der Waals surface area contributed by atoms with Gasteiger partial charge in [-0.2, -0.15) is 13.2 Å². The molecule has 2 aromatic rings. The molecule has 2 aromatic carbocycles. The average Bonchev–Trinajstić information content (AvgIpc) is 2.88. The third-order valence-electron chi connectivity index (χ3n) is 6.46. The van der Waals surface area contributed by atoms with E-state index >= 15 is 0 Å². The zero-order chi connectivity index (χ0) is 29.8. The first-order chi connectivity index (χ1) is 18.6. The van der Waals surface area contributed by atoms with Crippen LogP contribution in [-0.2, 0) is 25.6 Å². The number of rotatable bonds is 8. The molecule has 0 fully saturated rings. The Kier molecular flexibility index (Phi) is 9.22. The quantitative estimate of drug-likeness (QED) is 0.515. The molecule has 3 rings (SSSR count). The summed E-state index contributed by atoms with van der Waals surface area (Å²) in [6, 6.07) is 13.8. The SMILES string of the molecule is CC(C)C1C(=O)N(CC(=O)NC(Cc2ccccc2)C(=O)C(F)(F)F)C(c2ccccc2)=CN1C(=O)C(C)(C)C. The van der Waals surface area contributed by atoms with Crippen LogP contribution in [0.3, 0.4) is 0 Å². The van der Waals surface area contributed by atoms with E-state index in [9.17, 15) is 32.3 Å². The van der Waals surface area contributed by atoms with Gasteiger partial charge in [-0.3, -0.25) is 24.1 Å². The zero-order valence-electron chi connectivity index (χ0n) is 23.2. The van der Waals surface area contributed by atoms with Gasteiger partial charge in [0.05, 0.1) is 5.70 Å². The van der Waals surface area contributed by atoms with Gasteiger partial charge in [0.25, 0.3) is 11.7 Å². The number of carbonyl (C=O) groups is 4. The molecule has 10 heteroatoms. The monoisotopic (exact) mass is 557 g/mol. The number of Topliss-reactive ketones (excluding diaryl/α,β-unsaturated/α-hetero) is 1. The Morgan fingerprint density at radius 3 is 1.98 bits per heavy atom. The number of hydrogen-bond donors (Lipinski definition) is 1. The molecule has 214 valence electrons. The van der Waals surface area contributed by atoms with Crippen molar-refractivity contribution in [3.05, 3.63) is 78.0 Å². The van der Waals surface area contributed by atoms with E-state index in [0.29, 0.717) is 11.1 Å². The second-order valence-corrected chi connectivity index (χ2v) is 11.1. The number of amides is 3. The van der Waals surface area contributed by atoms with Crippen LogP contribution < -0.4 is 5.32 Å². The highest BCUT2D eigenvalue weighted by atomic mass is 19.4. The van der Waals surface area contributed by atoms with Gasteiger partial charge in [-0.05, 0) is 17.0 Å². The highest BCUT2D eigenvalue weighted by Crippen LogP contribution is 2.33. The number of nitrogens with zero attached hydrogens (tertiary/aromatic N) is 2. The summed E-state index contributed by atoms with van der Waals surface area (Å²) in [6.07, 6.45) is -4.02. The third-order valence-corrected chi connectivity index (χ3v) is 6.46. The number of halogens is 3. The molecule has 40 heavy (non-hydrogen) atoms. The molecule has 7 nitrogen and oxygen atoms in total. The standard InChI is InChI=1S/C30H34F3N3O4/c1-19(2)25-27(39)35(23(21-14-10-7-11-15-21)17-36(25)28(40)29(3,4)5)18-24(37)34-22(26(38)30(31,32)33)16-20-12-8-6-9-13-20/h6-15,17,19,22,25H,16,18H2,1-5H3,(H,34,37). The smallest absolute Gasteiger partial charge is 0.344 e. The first-order valence-electron chi connectivity index (χ1n) is 13.0. The van der Waals surface area contributed by atoms with E-state index in [2.05, 4.69) is 5.32 Å². The second kappa shape index (κ2) is 12.1. The molecular weight excluding hydrogens is 523 g/mol. The predicted molar refractivity (Wildman–Crippen MR) is 144 cm³/mol. The fourth-order valence-electron chi connectivity index (χ4n) is 4.50. The van der Waals surface area contributed by atoms with E-state index in [1.165, 1.54) is 16.0 Å². The topological polar surface area (TPSA) is 86.8 Å². The number of alkyl halides is 3. The molecule has 2 atom stereocenters. The molecule has 1 aliphatic rings. The molecule has 0 spiro atoms. The van der Waals surface area contributed by atoms with Gasteiger partial charge >= 0.3 is 6.18 Å². The van der Waals surface area contributed by atoms with Crippen LogP contribution in [0.4, 0.5) is 13.2 Å². The van der Waals surface area contributed by atoms with E-state index in [0.717, 1.165) is 0 Å². The zero-order valence-corrected chi connectivity index (χ0v) is 23.2. The minimum atomic E-state index is -5.17. The van der Waals surface area contributed by atoms with Gasteiger partial charge in [0.1, 0.15) is 18.6 Å². The summed E-state index contributed by atoms with van der Waals surface area (Å²) in [5, 5.41) is 2.20. The maximum atomic E-state index is 13.9. The summed E-state index contributed by atoms with van der Waals surface area (Å²) in [5.74, 6) is -4.21. The third kappa shape index (κ3) is 7.16. The van der Waals surface area contributed by atoms with Crippen molar-refractivity contribution in [1.82, 2.24) is 15.1 Å². The number of benzene rings is 2. The normalized spacial score (nSPS) is 17.0. The summed E-state index contributed by atoms with van der Waals surface area (Å²) in [7, 11) is 0. The second-order valence-electron chi connectivity index (χ2n) is 11.1. The number of hydrogen-bond acceptors (Lipinski definition) is 4. The van der Waals surface area contributed by atoms with E-state index in [1.54, 1.807) is 95.3 Å². The van der Waals surface area contributed by atoms with Gasteiger partial charge < -0.3 is 10.2 Å². The van der Waals surface area contributed by atoms with E-state index in [-0.39, 0.29) is 23.9 Å². The highest BCUT2D eigenvalue weighted by Gasteiger charge is 2.46. The number of nitrogens with one attached hydrogen (secondary N) is 1. The molecule has 2 unspecified atom stereocenters. The molecule has 1 N–H and O–H groups in total. The van der Waals surface area contributed by atoms with Gasteiger partial charge in [0.15, 0.2) is 0 Å². The lowest BCUT2D eigenvalue weighted by molar-refractivity contribution is -0.173. The van der Waals surface area contributed by atoms with Gasteiger partial charge in [-0.25, -0.2) is 0 Å². The predicted octanol–water partition coefficient (Wildman–Crippen LogP) is 4.59. The Labute approximate surface area is 232 Å². The number of ketones is 1. The van der Waals surface area contributed by atoms with Crippen LogP contribution in [0.15, 0.2) is 66.9 Å². The van der Waals surface area contributed by atoms with Crippen molar-refractivity contribution in [3.8, 4) is 0 Å². The molecule has 0 saturated carbocycles. The van der Waals surface area contributed by atoms with Crippen molar-refractivity contribution in [3.63, 3.8) is 0 Å². The molecule has 0 saturated heterocycles. The lowest BCUT2D eigenvalue weighted by Crippen LogP contribution is -2.58. The molecule has 1 heterocycles. The van der Waals surface area contributed by atoms with Crippen molar-refractivity contribution in [2.24, 2.45) is 11.3 Å². The summed E-state index contributed by atoms with van der Waals surface area (Å²) in [6.45, 7) is 8.09. The van der Waals surface area contributed by atoms with Crippen LogP contribution >= 0.6 is 0 Å². The van der Waals surface area contributed by atoms with Crippen LogP contribution in [0.2, 0.25) is 0 Å². The van der Waals surface area contributed by atoms with Crippen molar-refractivity contribution in [2.75, 3.05) is 6.54 Å². The summed E-state index contributed by atoms with van der Waals surface area (Å²) in [5.41, 5.74) is 0.399. The summed E-state index contributed by atoms with van der Waals surface area (Å²) in [4.78, 5) is 55.2. The highest BCUT2D eigenvalue weighted by molar-refractivity contribution is 6.01. The Bertz CT molecular complexity index is 1270. The lowest BCUT2D eigenvalue weighted by atomic mass is 9.90. The van der Waals surface area contributed by atoms with Crippen molar-refractivity contribution >= 4 is 29.2 Å². The van der Waals surface area contributed by atoms with E-state index in [4.69, 9.17) is 0 Å². The van der Waals surface area contributed by atoms with Crippen LogP contribution in [0.5, 0.6) is 0 Å². The minimum Gasteiger partial charge on any atom is -0.344 e. The van der Waals surface area contributed by atoms with Crippen molar-refractivity contribution < 1.29 is 32.3 Å². The van der Waals surface area contributed by atoms with Crippen molar-refractivity contribution in [2.45, 2.75) is 59.3 Å². The van der Waals surface area contributed by atoms with Gasteiger partial charge in [0, 0.05) is 18.0 Å². The van der Waals surface area contributed by atoms with Crippen LogP contribution in [0.1, 0.15) is 45.7 Å². The minimum absolute atomic E-state index is 0.247. The van der Waals surface area contributed by atoms with Gasteiger partial charge in [-0.1, -0.05) is 95.3 Å². The van der Waals surface area contributed by atoms with Crippen molar-refractivity contribution in [1.29, 1.82) is 0 Å². The fraction of sp³-hybridized carbons (Fsp3) is 0.400.